The molecule has 3 aromatic heterocycles. The normalized spacial score (nSPS) is 11.1. The molecule has 0 aliphatic rings. The first-order valence-corrected chi connectivity index (χ1v) is 8.02. The van der Waals surface area contributed by atoms with Crippen LogP contribution in [0.4, 0.5) is 0 Å². The monoisotopic (exact) mass is 335 g/mol. The number of carbonyl (C=O) groups excluding carboxylic acids is 1. The molecule has 0 radical (unpaired) electrons. The molecule has 3 heterocycles. The van der Waals surface area contributed by atoms with Gasteiger partial charge < -0.3 is 18.7 Å². The number of amides is 1. The van der Waals surface area contributed by atoms with Crippen LogP contribution in [0.15, 0.2) is 63.6 Å². The van der Waals surface area contributed by atoms with Gasteiger partial charge in [0.1, 0.15) is 17.3 Å². The predicted octanol–water partition coefficient (Wildman–Crippen LogP) is 3.51. The first-order valence-electron chi connectivity index (χ1n) is 8.02. The lowest BCUT2D eigenvalue weighted by Gasteiger charge is -2.04. The molecule has 0 spiro atoms. The maximum atomic E-state index is 12.2. The largest absolute Gasteiger partial charge is 0.467 e. The molecule has 4 aromatic rings. The van der Waals surface area contributed by atoms with Gasteiger partial charge in [0.25, 0.3) is 5.91 Å². The number of fused-ring (bicyclic) bond motifs is 1. The molecule has 0 saturated heterocycles. The van der Waals surface area contributed by atoms with Gasteiger partial charge in [-0.1, -0.05) is 12.1 Å². The molecule has 25 heavy (non-hydrogen) atoms. The number of hydrogen-bond acceptors (Lipinski definition) is 4. The zero-order valence-corrected chi connectivity index (χ0v) is 13.7. The lowest BCUT2D eigenvalue weighted by molar-refractivity contribution is 0.0918. The molecule has 0 atom stereocenters. The highest BCUT2D eigenvalue weighted by atomic mass is 16.4. The Balaban J connectivity index is 1.49. The molecule has 0 aliphatic carbocycles. The van der Waals surface area contributed by atoms with Crippen LogP contribution in [-0.2, 0) is 13.1 Å². The Kier molecular flexibility index (Phi) is 3.85. The summed E-state index contributed by atoms with van der Waals surface area (Å²) in [4.78, 5) is 16.7. The number of rotatable bonds is 5. The van der Waals surface area contributed by atoms with E-state index < -0.39 is 0 Å². The molecular weight excluding hydrogens is 318 g/mol. The molecule has 0 saturated carbocycles. The number of aromatic nitrogens is 2. The van der Waals surface area contributed by atoms with Gasteiger partial charge in [-0.2, -0.15) is 0 Å². The summed E-state index contributed by atoms with van der Waals surface area (Å²) < 4.78 is 13.0. The molecule has 1 amide bonds. The van der Waals surface area contributed by atoms with Crippen LogP contribution in [0, 0.1) is 6.92 Å². The minimum absolute atomic E-state index is 0.269. The molecule has 1 N–H and O–H groups in total. The zero-order chi connectivity index (χ0) is 17.2. The number of nitrogens with one attached hydrogen (secondary N) is 1. The number of benzene rings is 1. The quantitative estimate of drug-likeness (QED) is 0.606. The molecule has 0 fully saturated rings. The number of aryl methyl sites for hydroxylation is 1. The average molecular weight is 335 g/mol. The van der Waals surface area contributed by atoms with Crippen LogP contribution < -0.4 is 5.32 Å². The van der Waals surface area contributed by atoms with Crippen LogP contribution in [0.5, 0.6) is 0 Å². The van der Waals surface area contributed by atoms with Gasteiger partial charge in [-0.25, -0.2) is 4.98 Å². The fraction of sp³-hybridized carbons (Fsp3) is 0.158. The molecule has 6 nitrogen and oxygen atoms in total. The van der Waals surface area contributed by atoms with Gasteiger partial charge in [0, 0.05) is 0 Å². The number of nitrogens with zero attached hydrogens (tertiary/aromatic N) is 2. The summed E-state index contributed by atoms with van der Waals surface area (Å²) in [6.07, 6.45) is 1.57. The Morgan fingerprint density at radius 3 is 2.84 bits per heavy atom. The van der Waals surface area contributed by atoms with Gasteiger partial charge in [0.05, 0.1) is 30.4 Å². The second-order valence-electron chi connectivity index (χ2n) is 5.76. The summed E-state index contributed by atoms with van der Waals surface area (Å²) in [6, 6.07) is 15.0. The fourth-order valence-corrected chi connectivity index (χ4v) is 2.80. The van der Waals surface area contributed by atoms with Gasteiger partial charge >= 0.3 is 0 Å². The van der Waals surface area contributed by atoms with Crippen molar-refractivity contribution >= 4 is 16.9 Å². The van der Waals surface area contributed by atoms with Crippen LogP contribution in [-0.4, -0.2) is 15.5 Å². The smallest absolute Gasteiger partial charge is 0.287 e. The van der Waals surface area contributed by atoms with Crippen LogP contribution >= 0.6 is 0 Å². The second kappa shape index (κ2) is 6.32. The van der Waals surface area contributed by atoms with E-state index in [0.717, 1.165) is 16.9 Å². The average Bonchev–Trinajstić information content (AvgIpc) is 3.35. The summed E-state index contributed by atoms with van der Waals surface area (Å²) in [5.41, 5.74) is 1.99. The lowest BCUT2D eigenvalue weighted by Crippen LogP contribution is -2.21. The topological polar surface area (TPSA) is 73.2 Å². The molecule has 126 valence electrons. The highest BCUT2D eigenvalue weighted by molar-refractivity contribution is 5.91. The number of carbonyl (C=O) groups is 1. The fourth-order valence-electron chi connectivity index (χ4n) is 2.80. The molecule has 6 heteroatoms. The van der Waals surface area contributed by atoms with E-state index in [2.05, 4.69) is 14.9 Å². The number of para-hydroxylation sites is 2. The van der Waals surface area contributed by atoms with Crippen LogP contribution in [0.25, 0.3) is 11.0 Å². The Bertz CT molecular complexity index is 1010. The third-order valence-electron chi connectivity index (χ3n) is 4.05. The predicted molar refractivity (Wildman–Crippen MR) is 92.2 cm³/mol. The highest BCUT2D eigenvalue weighted by Crippen LogP contribution is 2.18. The van der Waals surface area contributed by atoms with Crippen LogP contribution in [0.2, 0.25) is 0 Å². The van der Waals surface area contributed by atoms with Crippen molar-refractivity contribution in [2.45, 2.75) is 20.0 Å². The maximum absolute atomic E-state index is 12.2. The first-order chi connectivity index (χ1) is 12.2. The van der Waals surface area contributed by atoms with E-state index in [1.807, 2.05) is 37.3 Å². The minimum atomic E-state index is -0.269. The van der Waals surface area contributed by atoms with Crippen molar-refractivity contribution < 1.29 is 13.6 Å². The summed E-state index contributed by atoms with van der Waals surface area (Å²) in [5, 5.41) is 2.77. The van der Waals surface area contributed by atoms with E-state index >= 15 is 0 Å². The Hall–Kier alpha value is -3.28. The summed E-state index contributed by atoms with van der Waals surface area (Å²) in [7, 11) is 0. The first kappa shape index (κ1) is 15.3. The highest BCUT2D eigenvalue weighted by Gasteiger charge is 2.13. The number of imidazole rings is 1. The van der Waals surface area contributed by atoms with Gasteiger partial charge in [0.15, 0.2) is 5.76 Å². The summed E-state index contributed by atoms with van der Waals surface area (Å²) in [6.45, 7) is 2.81. The molecule has 0 unspecified atom stereocenters. The van der Waals surface area contributed by atoms with E-state index in [1.165, 1.54) is 0 Å². The summed E-state index contributed by atoms with van der Waals surface area (Å²) in [5.74, 6) is 2.31. The third-order valence-corrected chi connectivity index (χ3v) is 4.05. The summed E-state index contributed by atoms with van der Waals surface area (Å²) >= 11 is 0. The van der Waals surface area contributed by atoms with Crippen molar-refractivity contribution in [3.8, 4) is 0 Å². The van der Waals surface area contributed by atoms with Crippen molar-refractivity contribution in [1.82, 2.24) is 14.9 Å². The number of furan rings is 2. The van der Waals surface area contributed by atoms with Crippen molar-refractivity contribution in [1.29, 1.82) is 0 Å². The van der Waals surface area contributed by atoms with E-state index in [1.54, 1.807) is 24.5 Å². The van der Waals surface area contributed by atoms with Crippen molar-refractivity contribution in [2.24, 2.45) is 0 Å². The van der Waals surface area contributed by atoms with Crippen molar-refractivity contribution in [3.05, 3.63) is 77.9 Å². The van der Waals surface area contributed by atoms with E-state index in [9.17, 15) is 4.79 Å². The number of hydrogen-bond donors (Lipinski definition) is 1. The minimum Gasteiger partial charge on any atom is -0.467 e. The Morgan fingerprint density at radius 1 is 1.12 bits per heavy atom. The Morgan fingerprint density at radius 2 is 2.00 bits per heavy atom. The van der Waals surface area contributed by atoms with Gasteiger partial charge in [-0.05, 0) is 43.3 Å². The molecule has 0 bridgehead atoms. The molecular formula is C19H17N3O3. The Labute approximate surface area is 144 Å². The standard InChI is InChI=1S/C19H17N3O3/c1-13-21-16-6-2-3-7-17(16)22(13)12-15-8-9-18(25-15)19(23)20-11-14-5-4-10-24-14/h2-10H,11-12H2,1H3,(H,20,23). The van der Waals surface area contributed by atoms with Crippen LogP contribution in [0.1, 0.15) is 27.9 Å². The second-order valence-corrected chi connectivity index (χ2v) is 5.76. The van der Waals surface area contributed by atoms with Crippen molar-refractivity contribution in [3.63, 3.8) is 0 Å². The van der Waals surface area contributed by atoms with Gasteiger partial charge in [-0.3, -0.25) is 4.79 Å². The van der Waals surface area contributed by atoms with Crippen molar-refractivity contribution in [2.75, 3.05) is 0 Å². The third kappa shape index (κ3) is 3.06. The molecule has 4 rings (SSSR count). The zero-order valence-electron chi connectivity index (χ0n) is 13.7. The van der Waals surface area contributed by atoms with E-state index in [-0.39, 0.29) is 11.7 Å². The van der Waals surface area contributed by atoms with E-state index in [0.29, 0.717) is 24.6 Å². The van der Waals surface area contributed by atoms with E-state index in [4.69, 9.17) is 8.83 Å². The molecule has 1 aromatic carbocycles. The van der Waals surface area contributed by atoms with Gasteiger partial charge in [0.2, 0.25) is 0 Å². The SMILES string of the molecule is Cc1nc2ccccc2n1Cc1ccc(C(=O)NCc2ccco2)o1. The van der Waals surface area contributed by atoms with Crippen LogP contribution in [0.3, 0.4) is 0 Å². The maximum Gasteiger partial charge on any atom is 0.287 e. The molecule has 0 aliphatic heterocycles. The lowest BCUT2D eigenvalue weighted by atomic mass is 10.3. The van der Waals surface area contributed by atoms with Gasteiger partial charge in [-0.15, -0.1) is 0 Å².